The second-order valence-corrected chi connectivity index (χ2v) is 12.2. The van der Waals surface area contributed by atoms with Crippen molar-refractivity contribution in [3.05, 3.63) is 51.3 Å². The number of amidine groups is 1. The standard InChI is InChI=1S/C29H34Cl2F2N2O4/c1-29(2,3)39-22(36)15-18-10-12-19(30)23(33)25(18)35-26(17-11-13-21(32)20(31)14-17)24(28(37)38)34-27(35)16-8-6-4-5-7-9-16/h10-12,14,16,21,24,26H,4-9,13,15H2,1-3H3,(H,37,38). The van der Waals surface area contributed by atoms with Gasteiger partial charge in [-0.1, -0.05) is 61.0 Å². The predicted octanol–water partition coefficient (Wildman–Crippen LogP) is 7.16. The molecule has 0 radical (unpaired) electrons. The van der Waals surface area contributed by atoms with Gasteiger partial charge in [0.15, 0.2) is 11.9 Å². The zero-order valence-corrected chi connectivity index (χ0v) is 23.9. The molecule has 0 aromatic heterocycles. The summed E-state index contributed by atoms with van der Waals surface area (Å²) in [6.07, 6.45) is 6.78. The molecule has 1 aromatic rings. The largest absolute Gasteiger partial charge is 0.480 e. The van der Waals surface area contributed by atoms with Gasteiger partial charge in [0.05, 0.1) is 28.2 Å². The molecule has 0 amide bonds. The van der Waals surface area contributed by atoms with E-state index < -0.39 is 41.6 Å². The molecule has 1 aliphatic heterocycles. The second kappa shape index (κ2) is 12.0. The lowest BCUT2D eigenvalue weighted by molar-refractivity contribution is -0.154. The minimum atomic E-state index is -1.40. The molecule has 4 rings (SSSR count). The summed E-state index contributed by atoms with van der Waals surface area (Å²) in [6, 6.07) is 0.620. The van der Waals surface area contributed by atoms with E-state index in [9.17, 15) is 19.1 Å². The van der Waals surface area contributed by atoms with E-state index in [-0.39, 0.29) is 34.5 Å². The number of carbonyl (C=O) groups is 2. The molecule has 1 aromatic carbocycles. The van der Waals surface area contributed by atoms with Gasteiger partial charge in [-0.05, 0) is 56.9 Å². The molecule has 3 unspecified atom stereocenters. The van der Waals surface area contributed by atoms with Gasteiger partial charge in [0.2, 0.25) is 0 Å². The normalized spacial score (nSPS) is 24.5. The van der Waals surface area contributed by atoms with Crippen LogP contribution in [-0.2, 0) is 20.7 Å². The van der Waals surface area contributed by atoms with Gasteiger partial charge in [-0.2, -0.15) is 0 Å². The Morgan fingerprint density at radius 2 is 1.82 bits per heavy atom. The maximum atomic E-state index is 16.1. The van der Waals surface area contributed by atoms with Crippen molar-refractivity contribution >= 4 is 46.7 Å². The zero-order valence-electron chi connectivity index (χ0n) is 22.4. The van der Waals surface area contributed by atoms with Gasteiger partial charge in [0.1, 0.15) is 17.6 Å². The number of hydrogen-bond acceptors (Lipinski definition) is 5. The molecule has 1 N–H and O–H groups in total. The van der Waals surface area contributed by atoms with Gasteiger partial charge < -0.3 is 14.7 Å². The molecule has 2 aliphatic carbocycles. The fourth-order valence-electron chi connectivity index (χ4n) is 5.56. The third-order valence-electron chi connectivity index (χ3n) is 7.22. The lowest BCUT2D eigenvalue weighted by Crippen LogP contribution is -2.46. The van der Waals surface area contributed by atoms with Crippen LogP contribution in [0, 0.1) is 11.7 Å². The first kappa shape index (κ1) is 29.5. The highest BCUT2D eigenvalue weighted by Crippen LogP contribution is 2.42. The van der Waals surface area contributed by atoms with Gasteiger partial charge >= 0.3 is 11.9 Å². The van der Waals surface area contributed by atoms with Crippen LogP contribution in [0.25, 0.3) is 0 Å². The topological polar surface area (TPSA) is 79.2 Å². The highest BCUT2D eigenvalue weighted by molar-refractivity contribution is 6.31. The zero-order chi connectivity index (χ0) is 28.5. The van der Waals surface area contributed by atoms with Gasteiger partial charge in [-0.15, -0.1) is 0 Å². The molecule has 1 heterocycles. The Bertz CT molecular complexity index is 1220. The number of carboxylic acids is 1. The van der Waals surface area contributed by atoms with Crippen LogP contribution in [0.3, 0.4) is 0 Å². The van der Waals surface area contributed by atoms with E-state index in [1.165, 1.54) is 12.1 Å². The summed E-state index contributed by atoms with van der Waals surface area (Å²) in [5.41, 5.74) is -0.0514. The molecule has 1 fully saturated rings. The Morgan fingerprint density at radius 1 is 1.15 bits per heavy atom. The van der Waals surface area contributed by atoms with E-state index in [1.807, 2.05) is 0 Å². The Balaban J connectivity index is 1.89. The number of rotatable bonds is 6. The van der Waals surface area contributed by atoms with Crippen molar-refractivity contribution < 1.29 is 28.2 Å². The van der Waals surface area contributed by atoms with Crippen LogP contribution in [0.5, 0.6) is 0 Å². The molecule has 6 nitrogen and oxygen atoms in total. The number of carboxylic acid groups (broad SMARTS) is 1. The molecule has 39 heavy (non-hydrogen) atoms. The van der Waals surface area contributed by atoms with Crippen molar-refractivity contribution in [3.8, 4) is 0 Å². The molecule has 0 spiro atoms. The summed E-state index contributed by atoms with van der Waals surface area (Å²) in [5, 5.41) is 10.0. The first-order valence-electron chi connectivity index (χ1n) is 13.4. The molecule has 0 saturated heterocycles. The van der Waals surface area contributed by atoms with E-state index in [1.54, 1.807) is 37.8 Å². The molecule has 1 saturated carbocycles. The quantitative estimate of drug-likeness (QED) is 0.284. The predicted molar refractivity (Wildman–Crippen MR) is 149 cm³/mol. The number of benzene rings is 1. The van der Waals surface area contributed by atoms with Crippen LogP contribution in [-0.4, -0.2) is 46.7 Å². The monoisotopic (exact) mass is 582 g/mol. The average Bonchev–Trinajstić information content (AvgIpc) is 3.03. The summed E-state index contributed by atoms with van der Waals surface area (Å²) in [6.45, 7) is 5.22. The van der Waals surface area contributed by atoms with E-state index in [0.717, 1.165) is 38.5 Å². The summed E-state index contributed by atoms with van der Waals surface area (Å²) in [4.78, 5) is 31.7. The van der Waals surface area contributed by atoms with Crippen molar-refractivity contribution in [3.63, 3.8) is 0 Å². The van der Waals surface area contributed by atoms with E-state index >= 15 is 4.39 Å². The fraction of sp³-hybridized carbons (Fsp3) is 0.552. The number of allylic oxidation sites excluding steroid dienone is 2. The van der Waals surface area contributed by atoms with Crippen LogP contribution < -0.4 is 4.90 Å². The summed E-state index contributed by atoms with van der Waals surface area (Å²) in [7, 11) is 0. The summed E-state index contributed by atoms with van der Waals surface area (Å²) in [5.74, 6) is -2.23. The van der Waals surface area contributed by atoms with E-state index in [0.29, 0.717) is 17.0 Å². The molecule has 212 valence electrons. The number of ether oxygens (including phenoxy) is 1. The smallest absolute Gasteiger partial charge is 0.331 e. The number of anilines is 1. The second-order valence-electron chi connectivity index (χ2n) is 11.3. The van der Waals surface area contributed by atoms with Crippen molar-refractivity contribution in [2.24, 2.45) is 10.9 Å². The molecule has 3 atom stereocenters. The summed E-state index contributed by atoms with van der Waals surface area (Å²) < 4.78 is 35.8. The minimum absolute atomic E-state index is 0.0158. The fourth-order valence-corrected chi connectivity index (χ4v) is 5.92. The van der Waals surface area contributed by atoms with Gasteiger partial charge in [0.25, 0.3) is 0 Å². The highest BCUT2D eigenvalue weighted by Gasteiger charge is 2.47. The number of esters is 1. The van der Waals surface area contributed by atoms with Crippen LogP contribution >= 0.6 is 23.2 Å². The van der Waals surface area contributed by atoms with Gasteiger partial charge in [-0.25, -0.2) is 13.6 Å². The van der Waals surface area contributed by atoms with Crippen LogP contribution in [0.1, 0.15) is 71.3 Å². The Labute approximate surface area is 237 Å². The Kier molecular flexibility index (Phi) is 9.06. The van der Waals surface area contributed by atoms with Crippen LogP contribution in [0.4, 0.5) is 14.5 Å². The maximum Gasteiger partial charge on any atom is 0.331 e. The maximum absolute atomic E-state index is 16.1. The third kappa shape index (κ3) is 6.65. The molecule has 10 heteroatoms. The van der Waals surface area contributed by atoms with Crippen LogP contribution in [0.15, 0.2) is 39.9 Å². The lowest BCUT2D eigenvalue weighted by Gasteiger charge is -2.35. The van der Waals surface area contributed by atoms with Gasteiger partial charge in [-0.3, -0.25) is 9.79 Å². The highest BCUT2D eigenvalue weighted by atomic mass is 35.5. The number of carbonyl (C=O) groups excluding carboxylic acids is 1. The average molecular weight is 584 g/mol. The van der Waals surface area contributed by atoms with Crippen molar-refractivity contribution in [1.82, 2.24) is 0 Å². The molecular weight excluding hydrogens is 549 g/mol. The Morgan fingerprint density at radius 3 is 2.41 bits per heavy atom. The number of aliphatic carboxylic acids is 1. The lowest BCUT2D eigenvalue weighted by atomic mass is 9.91. The third-order valence-corrected chi connectivity index (χ3v) is 7.86. The minimum Gasteiger partial charge on any atom is -0.480 e. The van der Waals surface area contributed by atoms with E-state index in [2.05, 4.69) is 4.99 Å². The van der Waals surface area contributed by atoms with Crippen molar-refractivity contribution in [2.45, 2.75) is 96.0 Å². The summed E-state index contributed by atoms with van der Waals surface area (Å²) >= 11 is 12.4. The van der Waals surface area contributed by atoms with Crippen molar-refractivity contribution in [2.75, 3.05) is 4.90 Å². The van der Waals surface area contributed by atoms with Gasteiger partial charge in [0, 0.05) is 12.3 Å². The number of nitrogens with zero attached hydrogens (tertiary/aromatic N) is 2. The van der Waals surface area contributed by atoms with E-state index in [4.69, 9.17) is 27.9 Å². The number of halogens is 4. The molecule has 0 bridgehead atoms. The number of hydrogen-bond donors (Lipinski definition) is 1. The van der Waals surface area contributed by atoms with Crippen LogP contribution in [0.2, 0.25) is 5.02 Å². The van der Waals surface area contributed by atoms with Crippen molar-refractivity contribution in [1.29, 1.82) is 0 Å². The first-order valence-corrected chi connectivity index (χ1v) is 14.1. The first-order chi connectivity index (χ1) is 18.4. The SMILES string of the molecule is CC(C)(C)OC(=O)Cc1ccc(Cl)c(F)c1N1C(C2CCCCCC2)=NC(C(=O)O)C1C1=CCC(F)C(Cl)=C1. The number of aliphatic imine (C=N–C) groups is 1. The molecule has 3 aliphatic rings. The number of alkyl halides is 1. The Hall–Kier alpha value is -2.45. The molecular formula is C29H34Cl2F2N2O4.